The maximum atomic E-state index is 4.34. The monoisotopic (exact) mass is 437 g/mol. The Kier molecular flexibility index (Phi) is 8.76. The van der Waals surface area contributed by atoms with Gasteiger partial charge in [0.25, 0.3) is 0 Å². The largest absolute Gasteiger partial charge is 0.305 e. The number of benzene rings is 1. The Labute approximate surface area is 182 Å². The molecule has 2 aromatic heterocycles. The van der Waals surface area contributed by atoms with Gasteiger partial charge in [0.1, 0.15) is 0 Å². The highest BCUT2D eigenvalue weighted by Crippen LogP contribution is 2.23. The van der Waals surface area contributed by atoms with Gasteiger partial charge < -0.3 is 4.57 Å². The molecule has 150 valence electrons. The van der Waals surface area contributed by atoms with E-state index in [4.69, 9.17) is 0 Å². The van der Waals surface area contributed by atoms with Crippen molar-refractivity contribution in [2.75, 3.05) is 18.8 Å². The number of thioether (sulfide) groups is 1. The van der Waals surface area contributed by atoms with E-state index in [-0.39, 0.29) is 24.8 Å². The average molecular weight is 438 g/mol. The van der Waals surface area contributed by atoms with E-state index in [1.54, 1.807) is 18.0 Å². The summed E-state index contributed by atoms with van der Waals surface area (Å²) >= 11 is 1.78. The standard InChI is InChI=1S/C20H23N5S.2ClH/c1-24-19(17-8-4-10-21-14-17)22-23-20(24)26-13-5-11-25-12-9-16-6-2-3-7-18(16)15-25;;/h2-4,6-8,10,14H,5,9,11-13,15H2,1H3;2*1H. The zero-order chi connectivity index (χ0) is 17.8. The maximum Gasteiger partial charge on any atom is 0.191 e. The molecule has 0 unspecified atom stereocenters. The van der Waals surface area contributed by atoms with Gasteiger partial charge in [0.2, 0.25) is 0 Å². The van der Waals surface area contributed by atoms with Gasteiger partial charge >= 0.3 is 0 Å². The molecule has 4 rings (SSSR count). The molecule has 1 aliphatic rings. The molecule has 0 aliphatic carbocycles. The molecule has 28 heavy (non-hydrogen) atoms. The summed E-state index contributed by atoms with van der Waals surface area (Å²) in [6.45, 7) is 3.38. The lowest BCUT2D eigenvalue weighted by Crippen LogP contribution is -2.31. The van der Waals surface area contributed by atoms with Gasteiger partial charge in [-0.15, -0.1) is 35.0 Å². The molecule has 0 saturated heterocycles. The number of rotatable bonds is 6. The molecule has 0 radical (unpaired) electrons. The fourth-order valence-electron chi connectivity index (χ4n) is 3.38. The van der Waals surface area contributed by atoms with E-state index in [0.29, 0.717) is 0 Å². The van der Waals surface area contributed by atoms with Crippen LogP contribution < -0.4 is 0 Å². The number of aromatic nitrogens is 4. The summed E-state index contributed by atoms with van der Waals surface area (Å²) in [5, 5.41) is 9.63. The van der Waals surface area contributed by atoms with E-state index in [2.05, 4.69) is 48.9 Å². The maximum absolute atomic E-state index is 4.34. The summed E-state index contributed by atoms with van der Waals surface area (Å²) in [4.78, 5) is 6.72. The molecule has 5 nitrogen and oxygen atoms in total. The minimum atomic E-state index is 0. The second-order valence-corrected chi connectivity index (χ2v) is 7.67. The number of fused-ring (bicyclic) bond motifs is 1. The molecule has 8 heteroatoms. The summed E-state index contributed by atoms with van der Waals surface area (Å²) in [5.41, 5.74) is 4.00. The second kappa shape index (κ2) is 10.8. The molecular formula is C20H25Cl2N5S. The predicted molar refractivity (Wildman–Crippen MR) is 119 cm³/mol. The van der Waals surface area contributed by atoms with Crippen molar-refractivity contribution in [2.24, 2.45) is 7.05 Å². The van der Waals surface area contributed by atoms with Crippen molar-refractivity contribution in [3.05, 3.63) is 59.9 Å². The van der Waals surface area contributed by atoms with Gasteiger partial charge in [-0.1, -0.05) is 36.0 Å². The van der Waals surface area contributed by atoms with Crippen LogP contribution in [-0.4, -0.2) is 43.5 Å². The van der Waals surface area contributed by atoms with Crippen molar-refractivity contribution in [1.29, 1.82) is 0 Å². The molecule has 1 aliphatic heterocycles. The Morgan fingerprint density at radius 1 is 1.04 bits per heavy atom. The van der Waals surface area contributed by atoms with Gasteiger partial charge in [0.15, 0.2) is 11.0 Å². The van der Waals surface area contributed by atoms with E-state index in [9.17, 15) is 0 Å². The lowest BCUT2D eigenvalue weighted by Gasteiger charge is -2.28. The van der Waals surface area contributed by atoms with Crippen LogP contribution in [0.3, 0.4) is 0 Å². The van der Waals surface area contributed by atoms with Gasteiger partial charge in [0.05, 0.1) is 0 Å². The first-order valence-corrected chi connectivity index (χ1v) is 10.0. The third-order valence-electron chi connectivity index (χ3n) is 4.81. The molecule has 1 aromatic carbocycles. The van der Waals surface area contributed by atoms with Crippen LogP contribution in [0.5, 0.6) is 0 Å². The lowest BCUT2D eigenvalue weighted by atomic mass is 10.00. The van der Waals surface area contributed by atoms with Crippen LogP contribution in [0.15, 0.2) is 53.9 Å². The highest BCUT2D eigenvalue weighted by atomic mass is 35.5. The fraction of sp³-hybridized carbons (Fsp3) is 0.350. The van der Waals surface area contributed by atoms with Crippen LogP contribution in [0, 0.1) is 0 Å². The third kappa shape index (κ3) is 5.26. The first kappa shape index (κ1) is 22.7. The van der Waals surface area contributed by atoms with Gasteiger partial charge in [-0.05, 0) is 42.6 Å². The van der Waals surface area contributed by atoms with E-state index in [1.165, 1.54) is 17.5 Å². The van der Waals surface area contributed by atoms with Crippen LogP contribution in [0.2, 0.25) is 0 Å². The minimum Gasteiger partial charge on any atom is -0.305 e. The Hall–Kier alpha value is -1.60. The Bertz CT molecular complexity index is 872. The summed E-state index contributed by atoms with van der Waals surface area (Å²) in [6.07, 6.45) is 5.92. The second-order valence-electron chi connectivity index (χ2n) is 6.60. The Morgan fingerprint density at radius 3 is 2.64 bits per heavy atom. The van der Waals surface area contributed by atoms with Crippen LogP contribution in [-0.2, 0) is 20.0 Å². The average Bonchev–Trinajstić information content (AvgIpc) is 3.06. The highest BCUT2D eigenvalue weighted by molar-refractivity contribution is 7.99. The van der Waals surface area contributed by atoms with Crippen LogP contribution in [0.25, 0.3) is 11.4 Å². The molecule has 3 heterocycles. The number of hydrogen-bond acceptors (Lipinski definition) is 5. The quantitative estimate of drug-likeness (QED) is 0.425. The number of halogens is 2. The number of hydrogen-bond donors (Lipinski definition) is 0. The van der Waals surface area contributed by atoms with E-state index >= 15 is 0 Å². The third-order valence-corrected chi connectivity index (χ3v) is 5.92. The smallest absolute Gasteiger partial charge is 0.191 e. The molecule has 0 spiro atoms. The molecule has 0 fully saturated rings. The highest BCUT2D eigenvalue weighted by Gasteiger charge is 2.15. The molecular weight excluding hydrogens is 413 g/mol. The van der Waals surface area contributed by atoms with Crippen molar-refractivity contribution in [3.8, 4) is 11.4 Å². The number of pyridine rings is 1. The number of nitrogens with zero attached hydrogens (tertiary/aromatic N) is 5. The van der Waals surface area contributed by atoms with Crippen molar-refractivity contribution < 1.29 is 0 Å². The molecule has 0 bridgehead atoms. The van der Waals surface area contributed by atoms with E-state index in [1.807, 2.05) is 25.4 Å². The van der Waals surface area contributed by atoms with Gasteiger partial charge in [0, 0.05) is 43.8 Å². The summed E-state index contributed by atoms with van der Waals surface area (Å²) in [5.74, 6) is 1.92. The SMILES string of the molecule is Cl.Cl.Cn1c(SCCCN2CCc3ccccc3C2)nnc1-c1cccnc1. The summed E-state index contributed by atoms with van der Waals surface area (Å²) < 4.78 is 2.05. The van der Waals surface area contributed by atoms with Crippen LogP contribution in [0.4, 0.5) is 0 Å². The van der Waals surface area contributed by atoms with Crippen LogP contribution in [0.1, 0.15) is 17.5 Å². The van der Waals surface area contributed by atoms with Gasteiger partial charge in [-0.3, -0.25) is 9.88 Å². The summed E-state index contributed by atoms with van der Waals surface area (Å²) in [6, 6.07) is 12.7. The Morgan fingerprint density at radius 2 is 1.86 bits per heavy atom. The first-order chi connectivity index (χ1) is 12.8. The van der Waals surface area contributed by atoms with Crippen LogP contribution >= 0.6 is 36.6 Å². The molecule has 0 saturated carbocycles. The zero-order valence-electron chi connectivity index (χ0n) is 15.8. The molecule has 0 N–H and O–H groups in total. The van der Waals surface area contributed by atoms with Gasteiger partial charge in [-0.25, -0.2) is 0 Å². The minimum absolute atomic E-state index is 0. The predicted octanol–water partition coefficient (Wildman–Crippen LogP) is 4.26. The van der Waals surface area contributed by atoms with E-state index < -0.39 is 0 Å². The fourth-order valence-corrected chi connectivity index (χ4v) is 4.22. The molecule has 0 atom stereocenters. The molecule has 3 aromatic rings. The van der Waals surface area contributed by atoms with Crippen molar-refractivity contribution >= 4 is 36.6 Å². The Balaban J connectivity index is 0.00000140. The van der Waals surface area contributed by atoms with Crippen molar-refractivity contribution in [1.82, 2.24) is 24.6 Å². The molecule has 0 amide bonds. The topological polar surface area (TPSA) is 46.8 Å². The lowest BCUT2D eigenvalue weighted by molar-refractivity contribution is 0.255. The zero-order valence-corrected chi connectivity index (χ0v) is 18.3. The van der Waals surface area contributed by atoms with E-state index in [0.717, 1.165) is 48.4 Å². The van der Waals surface area contributed by atoms with Crippen molar-refractivity contribution in [2.45, 2.75) is 24.5 Å². The van der Waals surface area contributed by atoms with Crippen molar-refractivity contribution in [3.63, 3.8) is 0 Å². The van der Waals surface area contributed by atoms with Gasteiger partial charge in [-0.2, -0.15) is 0 Å². The first-order valence-electron chi connectivity index (χ1n) is 9.03. The normalized spacial score (nSPS) is 13.3. The summed E-state index contributed by atoms with van der Waals surface area (Å²) in [7, 11) is 2.02.